The maximum Gasteiger partial charge on any atom is 0.255 e. The van der Waals surface area contributed by atoms with Crippen LogP contribution in [0.15, 0.2) is 45.7 Å². The van der Waals surface area contributed by atoms with Crippen LogP contribution in [0.5, 0.6) is 0 Å². The molecule has 1 saturated heterocycles. The number of pyridine rings is 1. The molecule has 2 aromatic heterocycles. The number of hydrogen-bond acceptors (Lipinski definition) is 4. The lowest BCUT2D eigenvalue weighted by molar-refractivity contribution is 0.0732. The van der Waals surface area contributed by atoms with Crippen molar-refractivity contribution in [3.05, 3.63) is 63.8 Å². The first kappa shape index (κ1) is 16.6. The molecule has 0 radical (unpaired) electrons. The van der Waals surface area contributed by atoms with Gasteiger partial charge in [-0.15, -0.1) is 0 Å². The number of carbonyl (C=O) groups is 1. The molecule has 3 heterocycles. The van der Waals surface area contributed by atoms with Crippen LogP contribution in [0.2, 0.25) is 0 Å². The van der Waals surface area contributed by atoms with Crippen molar-refractivity contribution in [2.75, 3.05) is 6.54 Å². The van der Waals surface area contributed by atoms with Crippen LogP contribution in [0.3, 0.4) is 0 Å². The Morgan fingerprint density at radius 1 is 1.31 bits per heavy atom. The predicted molar refractivity (Wildman–Crippen MR) is 98.2 cm³/mol. The fourth-order valence-corrected chi connectivity index (χ4v) is 3.59. The van der Waals surface area contributed by atoms with Crippen LogP contribution in [-0.2, 0) is 0 Å². The van der Waals surface area contributed by atoms with Gasteiger partial charge in [0.1, 0.15) is 11.5 Å². The van der Waals surface area contributed by atoms with Crippen molar-refractivity contribution >= 4 is 16.8 Å². The number of carbonyl (C=O) groups excluding carboxylic acids is 1. The van der Waals surface area contributed by atoms with Gasteiger partial charge < -0.3 is 14.4 Å². The van der Waals surface area contributed by atoms with Crippen molar-refractivity contribution in [2.45, 2.75) is 38.6 Å². The highest BCUT2D eigenvalue weighted by molar-refractivity contribution is 6.06. The Balaban J connectivity index is 1.72. The van der Waals surface area contributed by atoms with Gasteiger partial charge in [0.05, 0.1) is 11.6 Å². The van der Waals surface area contributed by atoms with E-state index < -0.39 is 0 Å². The van der Waals surface area contributed by atoms with Gasteiger partial charge >= 0.3 is 0 Å². The van der Waals surface area contributed by atoms with Crippen LogP contribution in [0.25, 0.3) is 10.9 Å². The van der Waals surface area contributed by atoms with Gasteiger partial charge in [0, 0.05) is 35.5 Å². The summed E-state index contributed by atoms with van der Waals surface area (Å²) in [6.45, 7) is 4.74. The van der Waals surface area contributed by atoms with E-state index in [2.05, 4.69) is 10.1 Å². The molecule has 1 aromatic carbocycles. The van der Waals surface area contributed by atoms with Crippen molar-refractivity contribution in [1.29, 1.82) is 0 Å². The van der Waals surface area contributed by atoms with Crippen LogP contribution in [0.4, 0.5) is 0 Å². The zero-order chi connectivity index (χ0) is 18.3. The van der Waals surface area contributed by atoms with Gasteiger partial charge in [-0.3, -0.25) is 9.59 Å². The van der Waals surface area contributed by atoms with Gasteiger partial charge in [-0.2, -0.15) is 0 Å². The number of benzene rings is 1. The summed E-state index contributed by atoms with van der Waals surface area (Å²) in [6.07, 6.45) is 1.75. The quantitative estimate of drug-likeness (QED) is 0.782. The molecule has 0 bridgehead atoms. The molecule has 6 nitrogen and oxygen atoms in total. The van der Waals surface area contributed by atoms with Gasteiger partial charge in [0.15, 0.2) is 0 Å². The number of hydrogen-bond donors (Lipinski definition) is 1. The number of nitrogens with zero attached hydrogens (tertiary/aromatic N) is 2. The van der Waals surface area contributed by atoms with Gasteiger partial charge in [-0.25, -0.2) is 0 Å². The summed E-state index contributed by atoms with van der Waals surface area (Å²) < 4.78 is 5.42. The molecule has 3 aromatic rings. The fraction of sp³-hybridized carbons (Fsp3) is 0.350. The number of aromatic amines is 1. The van der Waals surface area contributed by atoms with Crippen LogP contribution < -0.4 is 5.56 Å². The molecule has 0 aliphatic carbocycles. The highest BCUT2D eigenvalue weighted by Crippen LogP contribution is 2.34. The topological polar surface area (TPSA) is 79.2 Å². The monoisotopic (exact) mass is 351 g/mol. The van der Waals surface area contributed by atoms with Crippen LogP contribution in [0.1, 0.15) is 60.5 Å². The van der Waals surface area contributed by atoms with E-state index in [4.69, 9.17) is 4.52 Å². The third-order valence-electron chi connectivity index (χ3n) is 4.95. The number of amides is 1. The number of rotatable bonds is 3. The highest BCUT2D eigenvalue weighted by atomic mass is 16.5. The second-order valence-electron chi connectivity index (χ2n) is 7.06. The van der Waals surface area contributed by atoms with E-state index in [1.807, 2.05) is 49.1 Å². The summed E-state index contributed by atoms with van der Waals surface area (Å²) in [5, 5.41) is 4.94. The molecule has 0 saturated carbocycles. The Morgan fingerprint density at radius 2 is 2.12 bits per heavy atom. The van der Waals surface area contributed by atoms with Crippen LogP contribution in [0, 0.1) is 0 Å². The van der Waals surface area contributed by atoms with Crippen LogP contribution in [-0.4, -0.2) is 27.5 Å². The molecular weight excluding hydrogens is 330 g/mol. The molecule has 26 heavy (non-hydrogen) atoms. The number of H-pyrrole nitrogens is 1. The smallest absolute Gasteiger partial charge is 0.255 e. The molecule has 1 aliphatic heterocycles. The highest BCUT2D eigenvalue weighted by Gasteiger charge is 2.33. The number of nitrogens with one attached hydrogen (secondary N) is 1. The largest absolute Gasteiger partial charge is 0.361 e. The van der Waals surface area contributed by atoms with E-state index in [-0.39, 0.29) is 23.4 Å². The van der Waals surface area contributed by atoms with E-state index in [9.17, 15) is 9.59 Å². The van der Waals surface area contributed by atoms with E-state index in [1.165, 1.54) is 6.07 Å². The van der Waals surface area contributed by atoms with Crippen molar-refractivity contribution in [3.8, 4) is 0 Å². The Morgan fingerprint density at radius 3 is 2.88 bits per heavy atom. The van der Waals surface area contributed by atoms with Gasteiger partial charge in [-0.1, -0.05) is 37.2 Å². The predicted octanol–water partition coefficient (Wildman–Crippen LogP) is 3.62. The van der Waals surface area contributed by atoms with Crippen LogP contribution >= 0.6 is 0 Å². The molecule has 134 valence electrons. The third kappa shape index (κ3) is 2.81. The lowest BCUT2D eigenvalue weighted by atomic mass is 10.1. The molecule has 6 heteroatoms. The van der Waals surface area contributed by atoms with Crippen molar-refractivity contribution < 1.29 is 9.32 Å². The summed E-state index contributed by atoms with van der Waals surface area (Å²) in [5.41, 5.74) is 1.62. The second-order valence-corrected chi connectivity index (χ2v) is 7.06. The first-order valence-corrected chi connectivity index (χ1v) is 8.94. The Labute approximate surface area is 150 Å². The second kappa shape index (κ2) is 6.44. The third-order valence-corrected chi connectivity index (χ3v) is 4.95. The maximum absolute atomic E-state index is 13.3. The molecule has 1 fully saturated rings. The summed E-state index contributed by atoms with van der Waals surface area (Å²) in [6, 6.07) is 10.6. The molecule has 1 N–H and O–H groups in total. The minimum Gasteiger partial charge on any atom is -0.361 e. The number of fused-ring (bicyclic) bond motifs is 1. The van der Waals surface area contributed by atoms with Gasteiger partial charge in [0.2, 0.25) is 5.56 Å². The van der Waals surface area contributed by atoms with E-state index >= 15 is 0 Å². The summed E-state index contributed by atoms with van der Waals surface area (Å²) >= 11 is 0. The summed E-state index contributed by atoms with van der Waals surface area (Å²) in [7, 11) is 0. The van der Waals surface area contributed by atoms with Crippen molar-refractivity contribution in [3.63, 3.8) is 0 Å². The van der Waals surface area contributed by atoms with E-state index in [0.29, 0.717) is 17.6 Å². The summed E-state index contributed by atoms with van der Waals surface area (Å²) in [4.78, 5) is 29.8. The average Bonchev–Trinajstić information content (AvgIpc) is 3.29. The zero-order valence-corrected chi connectivity index (χ0v) is 14.9. The Kier molecular flexibility index (Phi) is 4.11. The Bertz CT molecular complexity index is 1020. The molecule has 1 amide bonds. The SMILES string of the molecule is CC(C)c1cc([C@H]2CCCN2C(=O)c2cc(=O)[nH]c3ccccc23)no1. The lowest BCUT2D eigenvalue weighted by Gasteiger charge is -2.23. The first-order valence-electron chi connectivity index (χ1n) is 8.94. The number of likely N-dealkylation sites (tertiary alicyclic amines) is 1. The fourth-order valence-electron chi connectivity index (χ4n) is 3.59. The summed E-state index contributed by atoms with van der Waals surface area (Å²) in [5.74, 6) is 0.934. The molecule has 1 atom stereocenters. The lowest BCUT2D eigenvalue weighted by Crippen LogP contribution is -2.31. The molecule has 1 aliphatic rings. The minimum absolute atomic E-state index is 0.114. The first-order chi connectivity index (χ1) is 12.5. The number of aromatic nitrogens is 2. The minimum atomic E-state index is -0.272. The molecule has 0 spiro atoms. The van der Waals surface area contributed by atoms with E-state index in [1.54, 1.807) is 0 Å². The molecule has 0 unspecified atom stereocenters. The zero-order valence-electron chi connectivity index (χ0n) is 14.9. The normalized spacial score (nSPS) is 17.3. The van der Waals surface area contributed by atoms with Gasteiger partial charge in [0.25, 0.3) is 5.91 Å². The van der Waals surface area contributed by atoms with Gasteiger partial charge in [-0.05, 0) is 18.9 Å². The molecular formula is C20H21N3O3. The standard InChI is InChI=1S/C20H21N3O3/c1-12(2)18-11-16(22-26-18)17-8-5-9-23(17)20(25)14-10-19(24)21-15-7-4-3-6-13(14)15/h3-4,6-7,10-12,17H,5,8-9H2,1-2H3,(H,21,24)/t17-/m1/s1. The maximum atomic E-state index is 13.3. The van der Waals surface area contributed by atoms with Crippen molar-refractivity contribution in [1.82, 2.24) is 15.0 Å². The molecule has 4 rings (SSSR count). The number of para-hydroxylation sites is 1. The van der Waals surface area contributed by atoms with Crippen molar-refractivity contribution in [2.24, 2.45) is 0 Å². The Hall–Kier alpha value is -2.89. The van der Waals surface area contributed by atoms with E-state index in [0.717, 1.165) is 29.7 Å². The average molecular weight is 351 g/mol.